The Kier molecular flexibility index (Phi) is 3.04. The summed E-state index contributed by atoms with van der Waals surface area (Å²) in [4.78, 5) is 0. The molecule has 0 fully saturated rings. The highest BCUT2D eigenvalue weighted by Gasteiger charge is 2.08. The van der Waals surface area contributed by atoms with Gasteiger partial charge < -0.3 is 4.74 Å². The first-order chi connectivity index (χ1) is 5.34. The zero-order chi connectivity index (χ0) is 8.10. The summed E-state index contributed by atoms with van der Waals surface area (Å²) in [5, 5.41) is 0. The fraction of sp³-hybridized carbons (Fsp3) is 0.600. The standard InChI is InChI=1S/C10H14O/c1-3-8-11-10-7-5-4-6-9(10)2/h1H,4-8H2,2H3. The van der Waals surface area contributed by atoms with Gasteiger partial charge in [-0.05, 0) is 31.8 Å². The molecule has 1 aliphatic carbocycles. The molecule has 0 amide bonds. The fourth-order valence-corrected chi connectivity index (χ4v) is 1.35. The van der Waals surface area contributed by atoms with E-state index in [0.29, 0.717) is 6.61 Å². The van der Waals surface area contributed by atoms with Crippen LogP contribution in [-0.2, 0) is 4.74 Å². The number of rotatable bonds is 2. The van der Waals surface area contributed by atoms with Crippen LogP contribution >= 0.6 is 0 Å². The van der Waals surface area contributed by atoms with Crippen molar-refractivity contribution in [3.63, 3.8) is 0 Å². The minimum atomic E-state index is 0.423. The third kappa shape index (κ3) is 2.31. The molecule has 1 nitrogen and oxygen atoms in total. The quantitative estimate of drug-likeness (QED) is 0.549. The van der Waals surface area contributed by atoms with Gasteiger partial charge in [-0.3, -0.25) is 0 Å². The zero-order valence-corrected chi connectivity index (χ0v) is 7.02. The van der Waals surface area contributed by atoms with Crippen molar-refractivity contribution in [2.45, 2.75) is 32.6 Å². The number of ether oxygens (including phenoxy) is 1. The van der Waals surface area contributed by atoms with Crippen molar-refractivity contribution in [2.75, 3.05) is 6.61 Å². The van der Waals surface area contributed by atoms with Gasteiger partial charge >= 0.3 is 0 Å². The van der Waals surface area contributed by atoms with Crippen LogP contribution in [0, 0.1) is 12.3 Å². The van der Waals surface area contributed by atoms with Crippen LogP contribution in [0.25, 0.3) is 0 Å². The molecule has 0 aliphatic heterocycles. The van der Waals surface area contributed by atoms with Crippen LogP contribution in [0.4, 0.5) is 0 Å². The van der Waals surface area contributed by atoms with Gasteiger partial charge in [0, 0.05) is 6.42 Å². The zero-order valence-electron chi connectivity index (χ0n) is 7.02. The molecule has 0 aromatic rings. The molecule has 60 valence electrons. The third-order valence-electron chi connectivity index (χ3n) is 2.01. The lowest BCUT2D eigenvalue weighted by molar-refractivity contribution is 0.228. The first kappa shape index (κ1) is 8.20. The second-order valence-electron chi connectivity index (χ2n) is 2.90. The van der Waals surface area contributed by atoms with Gasteiger partial charge in [-0.2, -0.15) is 0 Å². The number of hydrogen-bond donors (Lipinski definition) is 0. The molecule has 1 heteroatoms. The van der Waals surface area contributed by atoms with E-state index in [1.165, 1.54) is 24.8 Å². The molecule has 0 aromatic heterocycles. The van der Waals surface area contributed by atoms with Gasteiger partial charge in [0.15, 0.2) is 0 Å². The molecule has 1 rings (SSSR count). The average molecular weight is 150 g/mol. The summed E-state index contributed by atoms with van der Waals surface area (Å²) in [6.07, 6.45) is 9.90. The molecule has 0 unspecified atom stereocenters. The SMILES string of the molecule is C#CCOC1=C(C)CCCC1. The molecule has 11 heavy (non-hydrogen) atoms. The first-order valence-corrected chi connectivity index (χ1v) is 4.09. The molecule has 0 radical (unpaired) electrons. The molecular formula is C10H14O. The van der Waals surface area contributed by atoms with Crippen LogP contribution in [0.5, 0.6) is 0 Å². The Morgan fingerprint density at radius 3 is 2.82 bits per heavy atom. The number of terminal acetylenes is 1. The summed E-state index contributed by atoms with van der Waals surface area (Å²) in [5.74, 6) is 3.61. The van der Waals surface area contributed by atoms with Crippen LogP contribution in [0.2, 0.25) is 0 Å². The largest absolute Gasteiger partial charge is 0.485 e. The van der Waals surface area contributed by atoms with E-state index in [1.807, 2.05) is 0 Å². The van der Waals surface area contributed by atoms with E-state index in [0.717, 1.165) is 12.2 Å². The van der Waals surface area contributed by atoms with Crippen molar-refractivity contribution < 1.29 is 4.74 Å². The van der Waals surface area contributed by atoms with Crippen molar-refractivity contribution in [1.29, 1.82) is 0 Å². The topological polar surface area (TPSA) is 9.23 Å². The maximum atomic E-state index is 5.39. The summed E-state index contributed by atoms with van der Waals surface area (Å²) in [7, 11) is 0. The van der Waals surface area contributed by atoms with E-state index in [-0.39, 0.29) is 0 Å². The maximum absolute atomic E-state index is 5.39. The van der Waals surface area contributed by atoms with Crippen molar-refractivity contribution in [2.24, 2.45) is 0 Å². The van der Waals surface area contributed by atoms with Gasteiger partial charge in [-0.15, -0.1) is 6.42 Å². The smallest absolute Gasteiger partial charge is 0.148 e. The van der Waals surface area contributed by atoms with Crippen molar-refractivity contribution in [3.8, 4) is 12.3 Å². The Hall–Kier alpha value is -0.900. The summed E-state index contributed by atoms with van der Waals surface area (Å²) in [6, 6.07) is 0. The molecule has 0 bridgehead atoms. The molecular weight excluding hydrogens is 136 g/mol. The number of allylic oxidation sites excluding steroid dienone is 2. The predicted molar refractivity (Wildman–Crippen MR) is 46.0 cm³/mol. The summed E-state index contributed by atoms with van der Waals surface area (Å²) in [6.45, 7) is 2.55. The highest BCUT2D eigenvalue weighted by atomic mass is 16.5. The van der Waals surface area contributed by atoms with Crippen LogP contribution in [0.15, 0.2) is 11.3 Å². The normalized spacial score (nSPS) is 17.8. The highest BCUT2D eigenvalue weighted by molar-refractivity contribution is 5.09. The van der Waals surface area contributed by atoms with Crippen molar-refractivity contribution in [1.82, 2.24) is 0 Å². The van der Waals surface area contributed by atoms with Crippen molar-refractivity contribution >= 4 is 0 Å². The van der Waals surface area contributed by atoms with Crippen LogP contribution in [0.3, 0.4) is 0 Å². The van der Waals surface area contributed by atoms with E-state index in [9.17, 15) is 0 Å². The second kappa shape index (κ2) is 4.08. The molecule has 0 aromatic carbocycles. The van der Waals surface area contributed by atoms with E-state index in [4.69, 9.17) is 11.2 Å². The van der Waals surface area contributed by atoms with E-state index in [2.05, 4.69) is 12.8 Å². The molecule has 0 heterocycles. The van der Waals surface area contributed by atoms with E-state index < -0.39 is 0 Å². The van der Waals surface area contributed by atoms with Gasteiger partial charge in [-0.25, -0.2) is 0 Å². The first-order valence-electron chi connectivity index (χ1n) is 4.09. The lowest BCUT2D eigenvalue weighted by Gasteiger charge is -2.16. The Balaban J connectivity index is 2.47. The predicted octanol–water partition coefficient (Wildman–Crippen LogP) is 2.48. The minimum absolute atomic E-state index is 0.423. The number of hydrogen-bond acceptors (Lipinski definition) is 1. The molecule has 0 saturated carbocycles. The molecule has 1 aliphatic rings. The average Bonchev–Trinajstić information content (AvgIpc) is 2.03. The maximum Gasteiger partial charge on any atom is 0.148 e. The molecule has 0 saturated heterocycles. The molecule has 0 spiro atoms. The fourth-order valence-electron chi connectivity index (χ4n) is 1.35. The highest BCUT2D eigenvalue weighted by Crippen LogP contribution is 2.24. The van der Waals surface area contributed by atoms with Gasteiger partial charge in [0.25, 0.3) is 0 Å². The van der Waals surface area contributed by atoms with Crippen LogP contribution in [0.1, 0.15) is 32.6 Å². The minimum Gasteiger partial charge on any atom is -0.485 e. The van der Waals surface area contributed by atoms with Gasteiger partial charge in [0.2, 0.25) is 0 Å². The summed E-state index contributed by atoms with van der Waals surface area (Å²) in [5.41, 5.74) is 1.38. The van der Waals surface area contributed by atoms with Gasteiger partial charge in [0.1, 0.15) is 6.61 Å². The summed E-state index contributed by atoms with van der Waals surface area (Å²) >= 11 is 0. The second-order valence-corrected chi connectivity index (χ2v) is 2.90. The lowest BCUT2D eigenvalue weighted by atomic mass is 9.99. The lowest BCUT2D eigenvalue weighted by Crippen LogP contribution is -2.01. The van der Waals surface area contributed by atoms with Gasteiger partial charge in [-0.1, -0.05) is 5.92 Å². The molecule has 0 atom stereocenters. The van der Waals surface area contributed by atoms with E-state index in [1.54, 1.807) is 0 Å². The Morgan fingerprint density at radius 1 is 1.45 bits per heavy atom. The molecule has 0 N–H and O–H groups in total. The van der Waals surface area contributed by atoms with Crippen molar-refractivity contribution in [3.05, 3.63) is 11.3 Å². The Labute approximate surface area is 68.4 Å². The van der Waals surface area contributed by atoms with Gasteiger partial charge in [0.05, 0.1) is 5.76 Å². The van der Waals surface area contributed by atoms with E-state index >= 15 is 0 Å². The van der Waals surface area contributed by atoms with Crippen LogP contribution < -0.4 is 0 Å². The van der Waals surface area contributed by atoms with Crippen LogP contribution in [-0.4, -0.2) is 6.61 Å². The monoisotopic (exact) mass is 150 g/mol. The Bertz CT molecular complexity index is 195. The summed E-state index contributed by atoms with van der Waals surface area (Å²) < 4.78 is 5.39. The third-order valence-corrected chi connectivity index (χ3v) is 2.01. The Morgan fingerprint density at radius 2 is 2.18 bits per heavy atom.